The molecule has 0 amide bonds. The minimum atomic E-state index is 0.884. The second-order valence-electron chi connectivity index (χ2n) is 17.2. The zero-order valence-corrected chi connectivity index (χ0v) is 36.5. The number of benzene rings is 11. The fraction of sp³-hybridized carbons (Fsp3) is 0. The highest BCUT2D eigenvalue weighted by Gasteiger charge is 2.26. The van der Waals surface area contributed by atoms with Crippen LogP contribution in [0.15, 0.2) is 235 Å². The number of fused-ring (bicyclic) bond motifs is 12. The molecule has 0 spiro atoms. The molecule has 11 aromatic carbocycles. The third kappa shape index (κ3) is 5.49. The highest BCUT2D eigenvalue weighted by Crippen LogP contribution is 2.51. The molecule has 0 bridgehead atoms. The molecule has 0 saturated heterocycles. The van der Waals surface area contributed by atoms with Crippen molar-refractivity contribution in [3.8, 4) is 27.9 Å². The lowest BCUT2D eigenvalue weighted by atomic mass is 9.95. The zero-order chi connectivity index (χ0) is 43.3. The summed E-state index contributed by atoms with van der Waals surface area (Å²) in [6.45, 7) is 0. The summed E-state index contributed by atoms with van der Waals surface area (Å²) < 4.78 is 11.8. The van der Waals surface area contributed by atoms with Gasteiger partial charge in [0.1, 0.15) is 11.2 Å². The summed E-state index contributed by atoms with van der Waals surface area (Å²) >= 11 is 1.88. The van der Waals surface area contributed by atoms with Crippen molar-refractivity contribution in [2.75, 3.05) is 4.90 Å². The lowest BCUT2D eigenvalue weighted by Gasteiger charge is -2.30. The van der Waals surface area contributed by atoms with Crippen LogP contribution >= 0.6 is 11.3 Å². The first kappa shape index (κ1) is 37.0. The predicted molar refractivity (Wildman–Crippen MR) is 282 cm³/mol. The third-order valence-electron chi connectivity index (χ3n) is 13.6. The molecule has 3 aromatic heterocycles. The summed E-state index contributed by atoms with van der Waals surface area (Å²) in [5.74, 6) is 0. The van der Waals surface area contributed by atoms with Gasteiger partial charge in [0.2, 0.25) is 0 Å². The van der Waals surface area contributed by atoms with E-state index in [2.05, 4.69) is 234 Å². The molecule has 14 rings (SSSR count). The summed E-state index contributed by atoms with van der Waals surface area (Å²) in [6.07, 6.45) is 0. The molecule has 0 fully saturated rings. The molecule has 4 heteroatoms. The van der Waals surface area contributed by atoms with E-state index < -0.39 is 0 Å². The van der Waals surface area contributed by atoms with Crippen LogP contribution in [-0.4, -0.2) is 4.57 Å². The molecule has 0 atom stereocenters. The molecule has 0 aliphatic carbocycles. The number of furan rings is 1. The topological polar surface area (TPSA) is 21.3 Å². The lowest BCUT2D eigenvalue weighted by Crippen LogP contribution is -2.12. The van der Waals surface area contributed by atoms with Gasteiger partial charge in [0, 0.05) is 75.0 Å². The summed E-state index contributed by atoms with van der Waals surface area (Å²) in [4.78, 5) is 2.52. The first-order chi connectivity index (χ1) is 32.8. The highest BCUT2D eigenvalue weighted by atomic mass is 32.1. The van der Waals surface area contributed by atoms with Gasteiger partial charge in [0.05, 0.1) is 28.1 Å². The van der Waals surface area contributed by atoms with Gasteiger partial charge in [-0.2, -0.15) is 0 Å². The van der Waals surface area contributed by atoms with Crippen molar-refractivity contribution in [3.05, 3.63) is 231 Å². The molecule has 0 radical (unpaired) electrons. The number of aromatic nitrogens is 1. The van der Waals surface area contributed by atoms with E-state index in [4.69, 9.17) is 4.42 Å². The highest BCUT2D eigenvalue weighted by molar-refractivity contribution is 7.26. The molecule has 0 aliphatic heterocycles. The summed E-state index contributed by atoms with van der Waals surface area (Å²) in [5.41, 5.74) is 13.0. The van der Waals surface area contributed by atoms with Gasteiger partial charge in [-0.25, -0.2) is 0 Å². The molecule has 0 saturated carbocycles. The van der Waals surface area contributed by atoms with Gasteiger partial charge in [0.25, 0.3) is 0 Å². The van der Waals surface area contributed by atoms with Crippen LogP contribution in [0.25, 0.3) is 113 Å². The van der Waals surface area contributed by atoms with Crippen LogP contribution in [-0.2, 0) is 0 Å². The Kier molecular flexibility index (Phi) is 8.15. The first-order valence-electron chi connectivity index (χ1n) is 22.5. The van der Waals surface area contributed by atoms with Crippen LogP contribution in [0, 0.1) is 0 Å². The van der Waals surface area contributed by atoms with Gasteiger partial charge in [0.15, 0.2) is 0 Å². The fourth-order valence-corrected chi connectivity index (χ4v) is 11.9. The largest absolute Gasteiger partial charge is 0.455 e. The molecule has 0 N–H and O–H groups in total. The van der Waals surface area contributed by atoms with Crippen molar-refractivity contribution in [1.29, 1.82) is 0 Å². The predicted octanol–water partition coefficient (Wildman–Crippen LogP) is 18.2. The standard InChI is InChI=1S/C62H38N2OS/c1-2-19-41-39(18-1)36-58(43-21-4-3-20-42(41)43)63(54-30-11-7-24-46(54)50-28-17-29-51-48-26-9-15-34-59(48)65-61(50)51)40-37-52(62-53(38-40)49-27-10-16-35-60(49)66-62)47-25-8-14-33-57(47)64-55-31-12-5-22-44(55)45-23-6-13-32-56(45)64/h1-38H. The minimum absolute atomic E-state index is 0.884. The summed E-state index contributed by atoms with van der Waals surface area (Å²) in [6, 6.07) is 84.2. The quantitative estimate of drug-likeness (QED) is 0.155. The van der Waals surface area contributed by atoms with Crippen LogP contribution < -0.4 is 4.90 Å². The molecular weight excluding hydrogens is 821 g/mol. The molecule has 0 unspecified atom stereocenters. The average molecular weight is 859 g/mol. The Morgan fingerprint density at radius 2 is 0.955 bits per heavy atom. The second kappa shape index (κ2) is 14.5. The molecule has 14 aromatic rings. The molecule has 3 heterocycles. The van der Waals surface area contributed by atoms with Crippen LogP contribution in [0.3, 0.4) is 0 Å². The second-order valence-corrected chi connectivity index (χ2v) is 18.2. The molecule has 3 nitrogen and oxygen atoms in total. The fourth-order valence-electron chi connectivity index (χ4n) is 10.7. The maximum absolute atomic E-state index is 6.77. The van der Waals surface area contributed by atoms with E-state index >= 15 is 0 Å². The maximum atomic E-state index is 6.77. The van der Waals surface area contributed by atoms with E-state index in [0.29, 0.717) is 0 Å². The number of rotatable bonds is 6. The van der Waals surface area contributed by atoms with E-state index in [-0.39, 0.29) is 0 Å². The van der Waals surface area contributed by atoms with Crippen molar-refractivity contribution in [2.45, 2.75) is 0 Å². The maximum Gasteiger partial charge on any atom is 0.143 e. The van der Waals surface area contributed by atoms with E-state index in [1.165, 1.54) is 74.6 Å². The number of nitrogens with zero attached hydrogens (tertiary/aromatic N) is 2. The minimum Gasteiger partial charge on any atom is -0.455 e. The molecular formula is C62H38N2OS. The smallest absolute Gasteiger partial charge is 0.143 e. The van der Waals surface area contributed by atoms with E-state index in [0.717, 1.165) is 55.8 Å². The normalized spacial score (nSPS) is 11.9. The van der Waals surface area contributed by atoms with Gasteiger partial charge in [-0.05, 0) is 70.8 Å². The van der Waals surface area contributed by atoms with E-state index in [1.807, 2.05) is 17.4 Å². The van der Waals surface area contributed by atoms with Crippen molar-refractivity contribution in [3.63, 3.8) is 0 Å². The number of para-hydroxylation sites is 6. The van der Waals surface area contributed by atoms with Crippen molar-refractivity contribution in [2.24, 2.45) is 0 Å². The first-order valence-corrected chi connectivity index (χ1v) is 23.3. The summed E-state index contributed by atoms with van der Waals surface area (Å²) in [5, 5.41) is 12.0. The van der Waals surface area contributed by atoms with Crippen molar-refractivity contribution in [1.82, 2.24) is 4.57 Å². The van der Waals surface area contributed by atoms with Crippen molar-refractivity contribution < 1.29 is 4.42 Å². The number of thiophene rings is 1. The number of hydrogen-bond donors (Lipinski definition) is 0. The average Bonchev–Trinajstić information content (AvgIpc) is 4.06. The van der Waals surface area contributed by atoms with E-state index in [9.17, 15) is 0 Å². The Morgan fingerprint density at radius 1 is 0.364 bits per heavy atom. The van der Waals surface area contributed by atoms with Crippen LogP contribution in [0.5, 0.6) is 0 Å². The lowest BCUT2D eigenvalue weighted by molar-refractivity contribution is 0.670. The van der Waals surface area contributed by atoms with Gasteiger partial charge in [-0.15, -0.1) is 11.3 Å². The monoisotopic (exact) mass is 858 g/mol. The van der Waals surface area contributed by atoms with Gasteiger partial charge >= 0.3 is 0 Å². The van der Waals surface area contributed by atoms with Crippen LogP contribution in [0.4, 0.5) is 17.1 Å². The van der Waals surface area contributed by atoms with Gasteiger partial charge < -0.3 is 13.9 Å². The SMILES string of the molecule is c1ccc(N(c2cc(-c3ccccc3-n3c4ccccc4c4ccccc43)c3sc4ccccc4c3c2)c2cc3ccccc3c3ccccc23)c(-c2cccc3c2oc2ccccc23)c1. The van der Waals surface area contributed by atoms with Crippen molar-refractivity contribution >= 4 is 114 Å². The molecule has 0 aliphatic rings. The van der Waals surface area contributed by atoms with Gasteiger partial charge in [-0.3, -0.25) is 0 Å². The molecule has 308 valence electrons. The molecule has 66 heavy (non-hydrogen) atoms. The number of anilines is 3. The Morgan fingerprint density at radius 3 is 1.77 bits per heavy atom. The zero-order valence-electron chi connectivity index (χ0n) is 35.7. The third-order valence-corrected chi connectivity index (χ3v) is 14.8. The summed E-state index contributed by atoms with van der Waals surface area (Å²) in [7, 11) is 0. The Bertz CT molecular complexity index is 4210. The van der Waals surface area contributed by atoms with Gasteiger partial charge in [-0.1, -0.05) is 176 Å². The van der Waals surface area contributed by atoms with E-state index in [1.54, 1.807) is 0 Å². The van der Waals surface area contributed by atoms with Crippen LogP contribution in [0.2, 0.25) is 0 Å². The Hall–Kier alpha value is -8.44. The Labute approximate surface area is 384 Å². The number of hydrogen-bond acceptors (Lipinski definition) is 3. The Balaban J connectivity index is 1.11. The van der Waals surface area contributed by atoms with Crippen LogP contribution in [0.1, 0.15) is 0 Å².